The fourth-order valence-corrected chi connectivity index (χ4v) is 8.27. The van der Waals surface area contributed by atoms with Crippen molar-refractivity contribution in [1.29, 1.82) is 0 Å². The number of anilines is 3. The Balaban J connectivity index is 0.963. The van der Waals surface area contributed by atoms with Crippen LogP contribution in [0.5, 0.6) is 0 Å². The molecule has 1 atom stereocenters. The van der Waals surface area contributed by atoms with Gasteiger partial charge in [-0.25, -0.2) is 14.8 Å². The first-order valence-corrected chi connectivity index (χ1v) is 23.8. The van der Waals surface area contributed by atoms with E-state index in [4.69, 9.17) is 9.47 Å². The second-order valence-corrected chi connectivity index (χ2v) is 18.5. The number of piperidine rings is 1. The van der Waals surface area contributed by atoms with Gasteiger partial charge >= 0.3 is 6.09 Å². The number of carbonyl (C=O) groups is 4. The first kappa shape index (κ1) is 50.2. The molecule has 5 heterocycles. The highest BCUT2D eigenvalue weighted by Crippen LogP contribution is 2.28. The number of aromatic nitrogens is 3. The van der Waals surface area contributed by atoms with Crippen LogP contribution < -0.4 is 15.5 Å². The summed E-state index contributed by atoms with van der Waals surface area (Å²) in [6, 6.07) is 15.7. The highest BCUT2D eigenvalue weighted by molar-refractivity contribution is 6.02. The molecule has 2 fully saturated rings. The molecule has 0 spiro atoms. The number of hydrogen-bond acceptors (Lipinski definition) is 11. The lowest BCUT2D eigenvalue weighted by molar-refractivity contribution is -0.105. The third-order valence-corrected chi connectivity index (χ3v) is 12.3. The molecular formula is C52H69N9O6. The summed E-state index contributed by atoms with van der Waals surface area (Å²) in [6.07, 6.45) is 11.1. The molecule has 0 saturated carbocycles. The maximum Gasteiger partial charge on any atom is 0.412 e. The summed E-state index contributed by atoms with van der Waals surface area (Å²) < 4.78 is 12.0. The quantitative estimate of drug-likeness (QED) is 0.0919. The van der Waals surface area contributed by atoms with E-state index in [1.54, 1.807) is 44.1 Å². The minimum Gasteiger partial charge on any atom is -0.444 e. The number of hydrogen-bond donors (Lipinski definition) is 2. The number of rotatable bonds is 18. The van der Waals surface area contributed by atoms with Gasteiger partial charge in [-0.15, -0.1) is 0 Å². The van der Waals surface area contributed by atoms with Gasteiger partial charge in [0, 0.05) is 76.9 Å². The first-order valence-electron chi connectivity index (χ1n) is 23.8. The van der Waals surface area contributed by atoms with Crippen molar-refractivity contribution < 1.29 is 28.7 Å². The SMILES string of the molecule is CC/C(C)=C/c1ncc(CN2CCN(c3ccc(C(=O)N4CCC(OC(C)CCN(CC)C(=O)c5ncc(-c6cccc(CC)c6)cc5NC(=O)OC(C)(C)C)CC4)nc3)CC2)cc1NC=O. The number of pyridine rings is 3. The minimum absolute atomic E-state index is 0.0122. The third-order valence-electron chi connectivity index (χ3n) is 12.3. The van der Waals surface area contributed by atoms with Gasteiger partial charge in [0.1, 0.15) is 11.3 Å². The van der Waals surface area contributed by atoms with E-state index >= 15 is 0 Å². The number of benzene rings is 1. The third kappa shape index (κ3) is 14.2. The van der Waals surface area contributed by atoms with Crippen molar-refractivity contribution in [1.82, 2.24) is 29.7 Å². The van der Waals surface area contributed by atoms with Gasteiger partial charge in [-0.05, 0) is 121 Å². The Bertz CT molecular complexity index is 2350. The summed E-state index contributed by atoms with van der Waals surface area (Å²) in [7, 11) is 0. The van der Waals surface area contributed by atoms with E-state index in [0.29, 0.717) is 63.2 Å². The highest BCUT2D eigenvalue weighted by atomic mass is 16.6. The van der Waals surface area contributed by atoms with E-state index in [1.807, 2.05) is 61.4 Å². The summed E-state index contributed by atoms with van der Waals surface area (Å²) in [5.74, 6) is -0.378. The average Bonchev–Trinajstić information content (AvgIpc) is 3.32. The molecule has 0 aliphatic carbocycles. The van der Waals surface area contributed by atoms with Crippen LogP contribution in [0.3, 0.4) is 0 Å². The Kier molecular flexibility index (Phi) is 17.6. The molecule has 6 rings (SSSR count). The molecular weight excluding hydrogens is 847 g/mol. The number of piperazine rings is 1. The van der Waals surface area contributed by atoms with Gasteiger partial charge in [0.05, 0.1) is 41.2 Å². The van der Waals surface area contributed by atoms with Crippen molar-refractivity contribution in [2.75, 3.05) is 67.9 Å². The monoisotopic (exact) mass is 916 g/mol. The molecule has 0 bridgehead atoms. The molecule has 2 aliphatic rings. The van der Waals surface area contributed by atoms with Crippen LogP contribution in [0.25, 0.3) is 17.2 Å². The fourth-order valence-electron chi connectivity index (χ4n) is 8.27. The van der Waals surface area contributed by atoms with Crippen molar-refractivity contribution in [2.24, 2.45) is 0 Å². The van der Waals surface area contributed by atoms with Gasteiger partial charge < -0.3 is 29.5 Å². The van der Waals surface area contributed by atoms with Crippen LogP contribution >= 0.6 is 0 Å². The lowest BCUT2D eigenvalue weighted by atomic mass is 10.0. The topological polar surface area (TPSA) is 162 Å². The van der Waals surface area contributed by atoms with Crippen LogP contribution in [0.4, 0.5) is 21.9 Å². The molecule has 15 heteroatoms. The van der Waals surface area contributed by atoms with E-state index in [2.05, 4.69) is 68.3 Å². The summed E-state index contributed by atoms with van der Waals surface area (Å²) >= 11 is 0. The molecule has 3 aromatic heterocycles. The molecule has 2 aliphatic heterocycles. The predicted octanol–water partition coefficient (Wildman–Crippen LogP) is 8.71. The molecule has 2 saturated heterocycles. The molecule has 1 unspecified atom stereocenters. The Morgan fingerprint density at radius 3 is 2.30 bits per heavy atom. The normalized spacial score (nSPS) is 15.5. The van der Waals surface area contributed by atoms with Gasteiger partial charge in [0.15, 0.2) is 5.69 Å². The van der Waals surface area contributed by atoms with Crippen LogP contribution in [-0.4, -0.2) is 124 Å². The molecule has 0 radical (unpaired) electrons. The second-order valence-electron chi connectivity index (χ2n) is 18.5. The van der Waals surface area contributed by atoms with Gasteiger partial charge in [-0.1, -0.05) is 43.7 Å². The van der Waals surface area contributed by atoms with Crippen LogP contribution in [0.1, 0.15) is 119 Å². The molecule has 4 aromatic rings. The van der Waals surface area contributed by atoms with E-state index in [9.17, 15) is 19.2 Å². The molecule has 4 amide bonds. The highest BCUT2D eigenvalue weighted by Gasteiger charge is 2.28. The standard InChI is InChI=1S/C52H69N9O6/c1-9-36(4)27-45-46(56-35-62)29-39(31-53-45)34-58-23-25-60(26-24-58)42-15-16-44(54-33-42)49(63)61-21-18-43(19-22-61)66-37(5)17-20-59(11-3)50(64)48-47(57-51(65)67-52(6,7)8)30-41(32-55-48)40-14-12-13-38(10-2)28-40/h12-16,27-33,35,37,43H,9-11,17-26,34H2,1-8H3,(H,56,62)(H,57,65)/b36-27+. The first-order chi connectivity index (χ1) is 32.2. The minimum atomic E-state index is -0.723. The molecule has 358 valence electrons. The number of aryl methyl sites for hydroxylation is 1. The summed E-state index contributed by atoms with van der Waals surface area (Å²) in [5.41, 5.74) is 7.72. The van der Waals surface area contributed by atoms with Crippen molar-refractivity contribution in [3.05, 3.63) is 101 Å². The van der Waals surface area contributed by atoms with E-state index in [-0.39, 0.29) is 35.4 Å². The number of amides is 4. The second kappa shape index (κ2) is 23.5. The smallest absolute Gasteiger partial charge is 0.412 e. The van der Waals surface area contributed by atoms with E-state index in [1.165, 1.54) is 11.1 Å². The van der Waals surface area contributed by atoms with Crippen LogP contribution in [-0.2, 0) is 27.2 Å². The van der Waals surface area contributed by atoms with Gasteiger partial charge in [0.25, 0.3) is 11.8 Å². The number of likely N-dealkylation sites (tertiary alicyclic amines) is 1. The Labute approximate surface area is 396 Å². The van der Waals surface area contributed by atoms with Crippen LogP contribution in [0, 0.1) is 0 Å². The van der Waals surface area contributed by atoms with Gasteiger partial charge in [-0.3, -0.25) is 29.6 Å². The zero-order chi connectivity index (χ0) is 48.1. The zero-order valence-corrected chi connectivity index (χ0v) is 40.6. The Morgan fingerprint density at radius 1 is 0.881 bits per heavy atom. The maximum atomic E-state index is 14.0. The van der Waals surface area contributed by atoms with Crippen LogP contribution in [0.2, 0.25) is 0 Å². The largest absolute Gasteiger partial charge is 0.444 e. The Hall–Kier alpha value is -6.19. The Morgan fingerprint density at radius 2 is 1.64 bits per heavy atom. The molecule has 2 N–H and O–H groups in total. The van der Waals surface area contributed by atoms with Crippen molar-refractivity contribution >= 4 is 47.5 Å². The van der Waals surface area contributed by atoms with Gasteiger partial charge in [-0.2, -0.15) is 0 Å². The molecule has 67 heavy (non-hydrogen) atoms. The molecule has 1 aromatic carbocycles. The van der Waals surface area contributed by atoms with Crippen molar-refractivity contribution in [3.8, 4) is 11.1 Å². The summed E-state index contributed by atoms with van der Waals surface area (Å²) in [4.78, 5) is 73.9. The number of allylic oxidation sites excluding steroid dienone is 1. The number of nitrogens with one attached hydrogen (secondary N) is 2. The van der Waals surface area contributed by atoms with Gasteiger partial charge in [0.2, 0.25) is 6.41 Å². The number of nitrogens with zero attached hydrogens (tertiary/aromatic N) is 7. The fraction of sp³-hybridized carbons (Fsp3) is 0.481. The average molecular weight is 916 g/mol. The van der Waals surface area contributed by atoms with Crippen molar-refractivity contribution in [2.45, 2.75) is 112 Å². The lowest BCUT2D eigenvalue weighted by Gasteiger charge is -2.36. The summed E-state index contributed by atoms with van der Waals surface area (Å²) in [6.45, 7) is 21.7. The lowest BCUT2D eigenvalue weighted by Crippen LogP contribution is -2.46. The van der Waals surface area contributed by atoms with E-state index < -0.39 is 11.7 Å². The predicted molar refractivity (Wildman–Crippen MR) is 264 cm³/mol. The maximum absolute atomic E-state index is 14.0. The zero-order valence-electron chi connectivity index (χ0n) is 40.6. The van der Waals surface area contributed by atoms with Crippen LogP contribution in [0.15, 0.2) is 72.7 Å². The van der Waals surface area contributed by atoms with E-state index in [0.717, 1.165) is 73.6 Å². The number of carbonyl (C=O) groups excluding carboxylic acids is 4. The summed E-state index contributed by atoms with van der Waals surface area (Å²) in [5, 5.41) is 5.61. The number of ether oxygens (including phenoxy) is 2. The van der Waals surface area contributed by atoms with Crippen molar-refractivity contribution in [3.63, 3.8) is 0 Å². The molecule has 15 nitrogen and oxygen atoms in total.